The van der Waals surface area contributed by atoms with Crippen molar-refractivity contribution in [2.45, 2.75) is 12.8 Å². The average Bonchev–Trinajstić information content (AvgIpc) is 2.07. The number of hydrogen-bond acceptors (Lipinski definition) is 1. The van der Waals surface area contributed by atoms with Crippen molar-refractivity contribution in [3.8, 4) is 0 Å². The summed E-state index contributed by atoms with van der Waals surface area (Å²) in [6, 6.07) is 4.56. The maximum atomic E-state index is 13.1. The number of carbonyl (C=O) groups is 1. The van der Waals surface area contributed by atoms with E-state index in [-0.39, 0.29) is 30.3 Å². The summed E-state index contributed by atoms with van der Waals surface area (Å²) in [6.07, 6.45) is 0.0823. The zero-order valence-electron chi connectivity index (χ0n) is 7.17. The van der Waals surface area contributed by atoms with Crippen LogP contribution in [0.3, 0.4) is 0 Å². The molecule has 0 unspecified atom stereocenters. The van der Waals surface area contributed by atoms with E-state index in [1.54, 1.807) is 6.07 Å². The van der Waals surface area contributed by atoms with Crippen molar-refractivity contribution >= 4 is 30.0 Å². The molecule has 1 aromatic carbocycles. The topological polar surface area (TPSA) is 37.3 Å². The summed E-state index contributed by atoms with van der Waals surface area (Å²) in [7, 11) is 0. The molecule has 0 fully saturated rings. The molecule has 1 rings (SSSR count). The van der Waals surface area contributed by atoms with Gasteiger partial charge in [0.1, 0.15) is 5.82 Å². The maximum absolute atomic E-state index is 13.1. The third-order valence-electron chi connectivity index (χ3n) is 1.64. The minimum atomic E-state index is -0.945. The lowest BCUT2D eigenvalue weighted by atomic mass is 10.1. The summed E-state index contributed by atoms with van der Waals surface area (Å²) in [4.78, 5) is 10.2. The standard InChI is InChI=1S/C9H8ClFO2.ClH/c10-7-3-1-2-6(9(7)11)4-5-8(12)13;/h1-3H,4-5H2,(H,12,13);1H. The zero-order valence-corrected chi connectivity index (χ0v) is 8.74. The molecule has 5 heteroatoms. The minimum Gasteiger partial charge on any atom is -0.481 e. The first kappa shape index (κ1) is 13.2. The van der Waals surface area contributed by atoms with E-state index in [0.29, 0.717) is 5.56 Å². The second-order valence-corrected chi connectivity index (χ2v) is 3.01. The molecule has 0 radical (unpaired) electrons. The van der Waals surface area contributed by atoms with Gasteiger partial charge in [-0.15, -0.1) is 12.4 Å². The molecule has 0 aromatic heterocycles. The van der Waals surface area contributed by atoms with Crippen molar-refractivity contribution < 1.29 is 14.3 Å². The Labute approximate surface area is 92.1 Å². The lowest BCUT2D eigenvalue weighted by Crippen LogP contribution is -1.99. The van der Waals surface area contributed by atoms with Gasteiger partial charge in [-0.05, 0) is 18.1 Å². The second kappa shape index (κ2) is 5.83. The highest BCUT2D eigenvalue weighted by atomic mass is 35.5. The van der Waals surface area contributed by atoms with Gasteiger partial charge in [-0.2, -0.15) is 0 Å². The van der Waals surface area contributed by atoms with Gasteiger partial charge in [-0.25, -0.2) is 4.39 Å². The Bertz CT molecular complexity index is 329. The Morgan fingerprint density at radius 2 is 2.14 bits per heavy atom. The summed E-state index contributed by atoms with van der Waals surface area (Å²) >= 11 is 5.51. The number of carboxylic acids is 1. The monoisotopic (exact) mass is 238 g/mol. The van der Waals surface area contributed by atoms with E-state index in [2.05, 4.69) is 0 Å². The normalized spacial score (nSPS) is 9.29. The van der Waals surface area contributed by atoms with Gasteiger partial charge in [0.25, 0.3) is 0 Å². The van der Waals surface area contributed by atoms with Crippen LogP contribution >= 0.6 is 24.0 Å². The van der Waals surface area contributed by atoms with Crippen LogP contribution in [0.25, 0.3) is 0 Å². The van der Waals surface area contributed by atoms with Gasteiger partial charge in [0.05, 0.1) is 5.02 Å². The van der Waals surface area contributed by atoms with E-state index >= 15 is 0 Å². The molecule has 0 saturated carbocycles. The van der Waals surface area contributed by atoms with Crippen LogP contribution in [-0.4, -0.2) is 11.1 Å². The number of aliphatic carboxylic acids is 1. The van der Waals surface area contributed by atoms with Crippen molar-refractivity contribution in [2.75, 3.05) is 0 Å². The number of carboxylic acid groups (broad SMARTS) is 1. The van der Waals surface area contributed by atoms with Gasteiger partial charge >= 0.3 is 5.97 Å². The smallest absolute Gasteiger partial charge is 0.303 e. The van der Waals surface area contributed by atoms with E-state index in [0.717, 1.165) is 0 Å². The summed E-state index contributed by atoms with van der Waals surface area (Å²) in [5, 5.41) is 8.41. The Morgan fingerprint density at radius 3 is 2.71 bits per heavy atom. The fourth-order valence-corrected chi connectivity index (χ4v) is 1.18. The number of rotatable bonds is 3. The molecule has 78 valence electrons. The van der Waals surface area contributed by atoms with Crippen LogP contribution in [0.1, 0.15) is 12.0 Å². The van der Waals surface area contributed by atoms with Crippen LogP contribution in [0.5, 0.6) is 0 Å². The van der Waals surface area contributed by atoms with Crippen LogP contribution in [0.15, 0.2) is 18.2 Å². The summed E-state index contributed by atoms with van der Waals surface area (Å²) < 4.78 is 13.1. The molecular weight excluding hydrogens is 230 g/mol. The van der Waals surface area contributed by atoms with Crippen molar-refractivity contribution in [1.29, 1.82) is 0 Å². The van der Waals surface area contributed by atoms with Gasteiger partial charge in [0, 0.05) is 6.42 Å². The maximum Gasteiger partial charge on any atom is 0.303 e. The van der Waals surface area contributed by atoms with E-state index in [4.69, 9.17) is 16.7 Å². The summed E-state index contributed by atoms with van der Waals surface area (Å²) in [6.45, 7) is 0. The van der Waals surface area contributed by atoms with Crippen LogP contribution in [0.4, 0.5) is 4.39 Å². The fourth-order valence-electron chi connectivity index (χ4n) is 0.983. The third-order valence-corrected chi connectivity index (χ3v) is 1.93. The first-order chi connectivity index (χ1) is 6.11. The number of aryl methyl sites for hydroxylation is 1. The molecule has 2 nitrogen and oxygen atoms in total. The molecule has 0 aliphatic heterocycles. The van der Waals surface area contributed by atoms with Crippen molar-refractivity contribution in [1.82, 2.24) is 0 Å². The summed E-state index contributed by atoms with van der Waals surface area (Å²) in [5.41, 5.74) is 0.343. The van der Waals surface area contributed by atoms with Crippen LogP contribution < -0.4 is 0 Å². The molecule has 0 aliphatic carbocycles. The van der Waals surface area contributed by atoms with Crippen LogP contribution in [0, 0.1) is 5.82 Å². The quantitative estimate of drug-likeness (QED) is 0.880. The van der Waals surface area contributed by atoms with E-state index in [9.17, 15) is 9.18 Å². The fraction of sp³-hybridized carbons (Fsp3) is 0.222. The molecule has 0 spiro atoms. The van der Waals surface area contributed by atoms with Gasteiger partial charge in [-0.3, -0.25) is 4.79 Å². The highest BCUT2D eigenvalue weighted by molar-refractivity contribution is 6.30. The largest absolute Gasteiger partial charge is 0.481 e. The predicted octanol–water partition coefficient (Wildman–Crippen LogP) is 2.92. The third kappa shape index (κ3) is 3.52. The summed E-state index contributed by atoms with van der Waals surface area (Å²) in [5.74, 6) is -1.47. The highest BCUT2D eigenvalue weighted by Crippen LogP contribution is 2.18. The lowest BCUT2D eigenvalue weighted by molar-refractivity contribution is -0.136. The highest BCUT2D eigenvalue weighted by Gasteiger charge is 2.07. The Balaban J connectivity index is 0.00000169. The molecule has 0 heterocycles. The van der Waals surface area contributed by atoms with Gasteiger partial charge in [0.2, 0.25) is 0 Å². The average molecular weight is 239 g/mol. The van der Waals surface area contributed by atoms with Crippen LogP contribution in [-0.2, 0) is 11.2 Å². The molecule has 0 aliphatic rings. The van der Waals surface area contributed by atoms with Crippen molar-refractivity contribution in [2.24, 2.45) is 0 Å². The van der Waals surface area contributed by atoms with Gasteiger partial charge in [-0.1, -0.05) is 23.7 Å². The van der Waals surface area contributed by atoms with Crippen molar-refractivity contribution in [3.63, 3.8) is 0 Å². The van der Waals surface area contributed by atoms with E-state index in [1.165, 1.54) is 12.1 Å². The van der Waals surface area contributed by atoms with E-state index < -0.39 is 11.8 Å². The van der Waals surface area contributed by atoms with Crippen molar-refractivity contribution in [3.05, 3.63) is 34.6 Å². The molecule has 0 atom stereocenters. The zero-order chi connectivity index (χ0) is 9.84. The molecule has 14 heavy (non-hydrogen) atoms. The Morgan fingerprint density at radius 1 is 1.50 bits per heavy atom. The molecular formula is C9H9Cl2FO2. The van der Waals surface area contributed by atoms with Gasteiger partial charge in [0.15, 0.2) is 0 Å². The molecule has 0 amide bonds. The van der Waals surface area contributed by atoms with Gasteiger partial charge < -0.3 is 5.11 Å². The number of hydrogen-bond donors (Lipinski definition) is 1. The molecule has 0 saturated heterocycles. The molecule has 0 bridgehead atoms. The Kier molecular flexibility index (Phi) is 5.50. The predicted molar refractivity (Wildman–Crippen MR) is 54.6 cm³/mol. The number of benzene rings is 1. The number of halogens is 3. The lowest BCUT2D eigenvalue weighted by Gasteiger charge is -2.01. The SMILES string of the molecule is Cl.O=C(O)CCc1cccc(Cl)c1F. The first-order valence-corrected chi connectivity index (χ1v) is 4.13. The molecule has 1 N–H and O–H groups in total. The second-order valence-electron chi connectivity index (χ2n) is 2.61. The Hall–Kier alpha value is -0.800. The van der Waals surface area contributed by atoms with Crippen LogP contribution in [0.2, 0.25) is 5.02 Å². The first-order valence-electron chi connectivity index (χ1n) is 3.76. The van der Waals surface area contributed by atoms with E-state index in [1.807, 2.05) is 0 Å². The minimum absolute atomic E-state index is 0. The molecule has 1 aromatic rings.